The molecule has 5 heteroatoms. The molecule has 0 saturated carbocycles. The summed E-state index contributed by atoms with van der Waals surface area (Å²) in [7, 11) is -3.62. The van der Waals surface area contributed by atoms with Crippen LogP contribution in [0, 0.1) is 11.2 Å². The molecule has 0 fully saturated rings. The molecule has 0 radical (unpaired) electrons. The van der Waals surface area contributed by atoms with Gasteiger partial charge < -0.3 is 5.73 Å². The quantitative estimate of drug-likeness (QED) is 0.876. The largest absolute Gasteiger partial charge is 0.330 e. The molecule has 16 heavy (non-hydrogen) atoms. The second kappa shape index (κ2) is 4.51. The van der Waals surface area contributed by atoms with Crippen LogP contribution >= 0.6 is 0 Å². The first-order valence-electron chi connectivity index (χ1n) is 4.96. The van der Waals surface area contributed by atoms with Crippen LogP contribution in [-0.2, 0) is 9.84 Å². The van der Waals surface area contributed by atoms with Crippen LogP contribution in [0.3, 0.4) is 0 Å². The molecule has 1 aromatic carbocycles. The molecule has 0 spiro atoms. The van der Waals surface area contributed by atoms with Crippen LogP contribution < -0.4 is 5.73 Å². The number of hydrogen-bond acceptors (Lipinski definition) is 3. The summed E-state index contributed by atoms with van der Waals surface area (Å²) in [5, 5.41) is 0. The van der Waals surface area contributed by atoms with E-state index >= 15 is 0 Å². The third-order valence-corrected chi connectivity index (χ3v) is 4.47. The molecule has 0 aromatic heterocycles. The maximum Gasteiger partial charge on any atom is 0.181 e. The van der Waals surface area contributed by atoms with Crippen LogP contribution in [0.2, 0.25) is 0 Å². The summed E-state index contributed by atoms with van der Waals surface area (Å²) >= 11 is 0. The van der Waals surface area contributed by atoms with Crippen LogP contribution in [0.25, 0.3) is 0 Å². The average molecular weight is 245 g/mol. The molecule has 0 aliphatic carbocycles. The summed E-state index contributed by atoms with van der Waals surface area (Å²) in [6.45, 7) is 3.72. The van der Waals surface area contributed by atoms with Gasteiger partial charge >= 0.3 is 0 Å². The van der Waals surface area contributed by atoms with Gasteiger partial charge in [-0.2, -0.15) is 0 Å². The van der Waals surface area contributed by atoms with Gasteiger partial charge in [-0.3, -0.25) is 0 Å². The molecule has 0 aliphatic rings. The van der Waals surface area contributed by atoms with Crippen molar-refractivity contribution in [3.8, 4) is 0 Å². The lowest BCUT2D eigenvalue weighted by Gasteiger charge is -2.21. The monoisotopic (exact) mass is 245 g/mol. The van der Waals surface area contributed by atoms with E-state index in [1.807, 2.05) is 0 Å². The van der Waals surface area contributed by atoms with E-state index < -0.39 is 21.1 Å². The molecule has 0 saturated heterocycles. The first-order chi connectivity index (χ1) is 7.28. The lowest BCUT2D eigenvalue weighted by molar-refractivity contribution is 0.424. The van der Waals surface area contributed by atoms with E-state index in [1.165, 1.54) is 18.2 Å². The van der Waals surface area contributed by atoms with E-state index in [0.29, 0.717) is 0 Å². The minimum Gasteiger partial charge on any atom is -0.330 e. The zero-order valence-electron chi connectivity index (χ0n) is 9.40. The van der Waals surface area contributed by atoms with Crippen molar-refractivity contribution in [2.45, 2.75) is 18.7 Å². The minimum atomic E-state index is -3.62. The topological polar surface area (TPSA) is 60.2 Å². The van der Waals surface area contributed by atoms with Crippen LogP contribution in [0.15, 0.2) is 29.2 Å². The highest BCUT2D eigenvalue weighted by Crippen LogP contribution is 2.23. The third kappa shape index (κ3) is 3.02. The predicted molar refractivity (Wildman–Crippen MR) is 61.3 cm³/mol. The van der Waals surface area contributed by atoms with Gasteiger partial charge in [0.05, 0.1) is 5.75 Å². The second-order valence-electron chi connectivity index (χ2n) is 4.56. The molecule has 3 nitrogen and oxygen atoms in total. The number of hydrogen-bond donors (Lipinski definition) is 1. The van der Waals surface area contributed by atoms with Gasteiger partial charge in [0.2, 0.25) is 0 Å². The van der Waals surface area contributed by atoms with Crippen molar-refractivity contribution >= 4 is 9.84 Å². The minimum absolute atomic E-state index is 0.155. The highest BCUT2D eigenvalue weighted by atomic mass is 32.2. The Labute approximate surface area is 95.4 Å². The smallest absolute Gasteiger partial charge is 0.181 e. The van der Waals surface area contributed by atoms with Crippen LogP contribution in [-0.4, -0.2) is 20.7 Å². The van der Waals surface area contributed by atoms with Gasteiger partial charge in [0, 0.05) is 0 Å². The average Bonchev–Trinajstić information content (AvgIpc) is 2.16. The number of benzene rings is 1. The fourth-order valence-corrected chi connectivity index (χ4v) is 3.30. The molecular formula is C11H16FNO2S. The zero-order valence-corrected chi connectivity index (χ0v) is 10.2. The molecule has 90 valence electrons. The maximum atomic E-state index is 13.4. The van der Waals surface area contributed by atoms with Crippen molar-refractivity contribution in [3.05, 3.63) is 30.1 Å². The number of rotatable bonds is 4. The van der Waals surface area contributed by atoms with Crippen molar-refractivity contribution in [2.24, 2.45) is 11.1 Å². The SMILES string of the molecule is CC(C)(CN)CS(=O)(=O)c1ccccc1F. The van der Waals surface area contributed by atoms with E-state index in [0.717, 1.165) is 6.07 Å². The van der Waals surface area contributed by atoms with Gasteiger partial charge in [-0.25, -0.2) is 12.8 Å². The number of halogens is 1. The molecule has 0 atom stereocenters. The van der Waals surface area contributed by atoms with Gasteiger partial charge in [0.15, 0.2) is 9.84 Å². The Hall–Kier alpha value is -0.940. The molecule has 0 bridgehead atoms. The van der Waals surface area contributed by atoms with E-state index in [-0.39, 0.29) is 17.2 Å². The predicted octanol–water partition coefficient (Wildman–Crippen LogP) is 1.58. The van der Waals surface area contributed by atoms with Crippen molar-refractivity contribution in [2.75, 3.05) is 12.3 Å². The van der Waals surface area contributed by atoms with E-state index in [1.54, 1.807) is 13.8 Å². The highest BCUT2D eigenvalue weighted by Gasteiger charge is 2.28. The van der Waals surface area contributed by atoms with E-state index in [2.05, 4.69) is 0 Å². The Bertz CT molecular complexity index is 469. The lowest BCUT2D eigenvalue weighted by atomic mass is 9.97. The van der Waals surface area contributed by atoms with Gasteiger partial charge in [-0.05, 0) is 24.1 Å². The molecule has 0 unspecified atom stereocenters. The van der Waals surface area contributed by atoms with Gasteiger partial charge in [-0.1, -0.05) is 26.0 Å². The molecule has 0 heterocycles. The Morgan fingerprint density at radius 3 is 2.38 bits per heavy atom. The Kier molecular flexibility index (Phi) is 3.70. The summed E-state index contributed by atoms with van der Waals surface area (Å²) in [4.78, 5) is -0.253. The van der Waals surface area contributed by atoms with Crippen molar-refractivity contribution in [1.29, 1.82) is 0 Å². The van der Waals surface area contributed by atoms with Gasteiger partial charge in [0.25, 0.3) is 0 Å². The maximum absolute atomic E-state index is 13.4. The number of sulfone groups is 1. The fourth-order valence-electron chi connectivity index (χ4n) is 1.35. The standard InChI is InChI=1S/C11H16FNO2S/c1-11(2,7-13)8-16(14,15)10-6-4-3-5-9(10)12/h3-6H,7-8,13H2,1-2H3. The van der Waals surface area contributed by atoms with E-state index in [4.69, 9.17) is 5.73 Å². The molecular weight excluding hydrogens is 229 g/mol. The lowest BCUT2D eigenvalue weighted by Crippen LogP contribution is -2.32. The summed E-state index contributed by atoms with van der Waals surface area (Å²) in [6, 6.07) is 5.38. The van der Waals surface area contributed by atoms with Crippen LogP contribution in [0.4, 0.5) is 4.39 Å². The molecule has 1 rings (SSSR count). The molecule has 0 amide bonds. The van der Waals surface area contributed by atoms with Crippen molar-refractivity contribution in [1.82, 2.24) is 0 Å². The Morgan fingerprint density at radius 1 is 1.31 bits per heavy atom. The van der Waals surface area contributed by atoms with Crippen molar-refractivity contribution in [3.63, 3.8) is 0 Å². The van der Waals surface area contributed by atoms with Gasteiger partial charge in [-0.15, -0.1) is 0 Å². The molecule has 2 N–H and O–H groups in total. The zero-order chi connectivity index (χ0) is 12.4. The van der Waals surface area contributed by atoms with Gasteiger partial charge in [0.1, 0.15) is 10.7 Å². The molecule has 1 aromatic rings. The summed E-state index contributed by atoms with van der Waals surface area (Å²) in [6.07, 6.45) is 0. The Morgan fingerprint density at radius 2 is 1.88 bits per heavy atom. The first-order valence-corrected chi connectivity index (χ1v) is 6.61. The molecule has 0 aliphatic heterocycles. The fraction of sp³-hybridized carbons (Fsp3) is 0.455. The van der Waals surface area contributed by atoms with E-state index in [9.17, 15) is 12.8 Å². The first kappa shape index (κ1) is 13.1. The summed E-state index contributed by atoms with van der Waals surface area (Å²) in [5.41, 5.74) is 4.92. The number of nitrogens with two attached hydrogens (primary N) is 1. The Balaban J connectivity index is 3.09. The summed E-state index contributed by atoms with van der Waals surface area (Å²) < 4.78 is 37.2. The normalized spacial score (nSPS) is 12.8. The summed E-state index contributed by atoms with van der Waals surface area (Å²) in [5.74, 6) is -0.868. The van der Waals surface area contributed by atoms with Crippen LogP contribution in [0.5, 0.6) is 0 Å². The van der Waals surface area contributed by atoms with Crippen molar-refractivity contribution < 1.29 is 12.8 Å². The van der Waals surface area contributed by atoms with Crippen LogP contribution in [0.1, 0.15) is 13.8 Å². The third-order valence-electron chi connectivity index (χ3n) is 2.31. The second-order valence-corrected chi connectivity index (χ2v) is 6.52. The highest BCUT2D eigenvalue weighted by molar-refractivity contribution is 7.91.